The summed E-state index contributed by atoms with van der Waals surface area (Å²) in [5, 5.41) is 6.46. The average Bonchev–Trinajstić information content (AvgIpc) is 3.38. The summed E-state index contributed by atoms with van der Waals surface area (Å²) < 4.78 is 45.4. The highest BCUT2D eigenvalue weighted by Crippen LogP contribution is 2.30. The zero-order valence-electron chi connectivity index (χ0n) is 18.4. The Kier molecular flexibility index (Phi) is 9.81. The molecule has 0 amide bonds. The predicted octanol–water partition coefficient (Wildman–Crippen LogP) is 3.27. The molecule has 176 valence electrons. The van der Waals surface area contributed by atoms with Crippen molar-refractivity contribution in [1.29, 1.82) is 0 Å². The van der Waals surface area contributed by atoms with Gasteiger partial charge in [-0.2, -0.15) is 4.31 Å². The van der Waals surface area contributed by atoms with Crippen LogP contribution in [0.4, 0.5) is 4.39 Å². The van der Waals surface area contributed by atoms with Crippen LogP contribution in [0.5, 0.6) is 5.75 Å². The van der Waals surface area contributed by atoms with Gasteiger partial charge in [-0.25, -0.2) is 12.8 Å². The second-order valence-corrected chi connectivity index (χ2v) is 10.1. The average molecular weight is 568 g/mol. The zero-order valence-corrected chi connectivity index (χ0v) is 21.6. The number of hydrogen-bond acceptors (Lipinski definition) is 4. The van der Waals surface area contributed by atoms with E-state index in [-0.39, 0.29) is 41.9 Å². The van der Waals surface area contributed by atoms with Crippen molar-refractivity contribution in [2.24, 2.45) is 10.9 Å². The Morgan fingerprint density at radius 3 is 2.71 bits per heavy atom. The van der Waals surface area contributed by atoms with Crippen molar-refractivity contribution in [3.05, 3.63) is 29.6 Å². The van der Waals surface area contributed by atoms with Crippen LogP contribution in [0, 0.1) is 11.7 Å². The number of guanidine groups is 1. The largest absolute Gasteiger partial charge is 0.490 e. The molecule has 1 aromatic carbocycles. The standard InChI is InChI=1S/C21H33FN4O3S.HI/c1-4-23-21(24-13-18-6-5-11-26(18)30(3,27)28)25-15(2)17-9-10-20(19(22)12-17)29-14-16-7-8-16;/h9-10,12,15-16,18H,4-8,11,13-14H2,1-3H3,(H2,23,24,25);1H/t15?,18-;/m1./s1. The molecule has 0 spiro atoms. The Morgan fingerprint density at radius 2 is 2.10 bits per heavy atom. The number of hydrogen-bond donors (Lipinski definition) is 2. The minimum Gasteiger partial charge on any atom is -0.490 e. The Bertz CT molecular complexity index is 864. The minimum absolute atomic E-state index is 0. The van der Waals surface area contributed by atoms with Crippen molar-refractivity contribution in [1.82, 2.24) is 14.9 Å². The van der Waals surface area contributed by atoms with E-state index in [0.717, 1.165) is 31.2 Å². The van der Waals surface area contributed by atoms with Crippen LogP contribution in [-0.4, -0.2) is 57.2 Å². The molecule has 7 nitrogen and oxygen atoms in total. The molecule has 2 atom stereocenters. The lowest BCUT2D eigenvalue weighted by Gasteiger charge is -2.22. The molecule has 1 aromatic rings. The fraction of sp³-hybridized carbons (Fsp3) is 0.667. The Hall–Kier alpha value is -1.14. The molecule has 1 saturated carbocycles. The van der Waals surface area contributed by atoms with E-state index in [2.05, 4.69) is 15.6 Å². The first-order chi connectivity index (χ1) is 14.3. The fourth-order valence-corrected chi connectivity index (χ4v) is 4.80. The number of nitrogens with zero attached hydrogens (tertiary/aromatic N) is 2. The van der Waals surface area contributed by atoms with Crippen molar-refractivity contribution in [3.8, 4) is 5.75 Å². The third-order valence-electron chi connectivity index (χ3n) is 5.53. The lowest BCUT2D eigenvalue weighted by atomic mass is 10.1. The Balaban J connectivity index is 0.00000341. The van der Waals surface area contributed by atoms with Gasteiger partial charge in [0.2, 0.25) is 10.0 Å². The summed E-state index contributed by atoms with van der Waals surface area (Å²) in [5.41, 5.74) is 0.788. The second kappa shape index (κ2) is 11.6. The van der Waals surface area contributed by atoms with E-state index < -0.39 is 10.0 Å². The number of benzene rings is 1. The maximum absolute atomic E-state index is 14.4. The van der Waals surface area contributed by atoms with Crippen molar-refractivity contribution < 1.29 is 17.5 Å². The van der Waals surface area contributed by atoms with Gasteiger partial charge < -0.3 is 15.4 Å². The number of nitrogens with one attached hydrogen (secondary N) is 2. The van der Waals surface area contributed by atoms with E-state index in [4.69, 9.17) is 4.74 Å². The summed E-state index contributed by atoms with van der Waals surface area (Å²) >= 11 is 0. The molecule has 1 aliphatic carbocycles. The minimum atomic E-state index is -3.22. The maximum Gasteiger partial charge on any atom is 0.211 e. The Labute approximate surface area is 202 Å². The molecule has 0 bridgehead atoms. The summed E-state index contributed by atoms with van der Waals surface area (Å²) in [6.07, 6.45) is 5.22. The van der Waals surface area contributed by atoms with Crippen molar-refractivity contribution in [3.63, 3.8) is 0 Å². The lowest BCUT2D eigenvalue weighted by molar-refractivity contribution is 0.285. The van der Waals surface area contributed by atoms with E-state index in [1.54, 1.807) is 6.07 Å². The number of aliphatic imine (C=N–C) groups is 1. The first-order valence-corrected chi connectivity index (χ1v) is 12.6. The van der Waals surface area contributed by atoms with Crippen molar-refractivity contribution >= 4 is 40.0 Å². The molecule has 1 saturated heterocycles. The number of halogens is 2. The van der Waals surface area contributed by atoms with Crippen LogP contribution in [0.2, 0.25) is 0 Å². The normalized spacial score (nSPS) is 20.8. The van der Waals surface area contributed by atoms with Gasteiger partial charge in [0.05, 0.1) is 25.4 Å². The smallest absolute Gasteiger partial charge is 0.211 e. The molecule has 1 heterocycles. The highest BCUT2D eigenvalue weighted by atomic mass is 127. The van der Waals surface area contributed by atoms with Crippen LogP contribution in [0.3, 0.4) is 0 Å². The van der Waals surface area contributed by atoms with E-state index in [1.165, 1.54) is 16.6 Å². The molecular formula is C21H34FIN4O3S. The summed E-state index contributed by atoms with van der Waals surface area (Å²) in [7, 11) is -3.22. The van der Waals surface area contributed by atoms with Crippen molar-refractivity contribution in [2.75, 3.05) is 32.5 Å². The van der Waals surface area contributed by atoms with Gasteiger partial charge >= 0.3 is 0 Å². The molecule has 1 aliphatic heterocycles. The summed E-state index contributed by atoms with van der Waals surface area (Å²) in [6.45, 7) is 6.08. The van der Waals surface area contributed by atoms with Crippen LogP contribution in [0.25, 0.3) is 0 Å². The fourth-order valence-electron chi connectivity index (χ4n) is 3.63. The van der Waals surface area contributed by atoms with Crippen LogP contribution >= 0.6 is 24.0 Å². The molecule has 3 rings (SSSR count). The number of rotatable bonds is 9. The SMILES string of the molecule is CCNC(=NC[C@H]1CCCN1S(C)(=O)=O)NC(C)c1ccc(OCC2CC2)c(F)c1.I. The second-order valence-electron chi connectivity index (χ2n) is 8.20. The molecular weight excluding hydrogens is 534 g/mol. The van der Waals surface area contributed by atoms with E-state index in [9.17, 15) is 12.8 Å². The van der Waals surface area contributed by atoms with Crippen LogP contribution in [0.1, 0.15) is 51.1 Å². The summed E-state index contributed by atoms with van der Waals surface area (Å²) in [4.78, 5) is 4.59. The van der Waals surface area contributed by atoms with Gasteiger partial charge in [0.25, 0.3) is 0 Å². The van der Waals surface area contributed by atoms with Crippen LogP contribution in [0.15, 0.2) is 23.2 Å². The van der Waals surface area contributed by atoms with E-state index in [0.29, 0.717) is 43.9 Å². The molecule has 2 fully saturated rings. The summed E-state index contributed by atoms with van der Waals surface area (Å²) in [6, 6.07) is 4.73. The first kappa shape index (κ1) is 26.1. The molecule has 31 heavy (non-hydrogen) atoms. The van der Waals surface area contributed by atoms with Crippen LogP contribution in [-0.2, 0) is 10.0 Å². The summed E-state index contributed by atoms with van der Waals surface area (Å²) in [5.74, 6) is 1.08. The van der Waals surface area contributed by atoms with Gasteiger partial charge in [0.1, 0.15) is 0 Å². The topological polar surface area (TPSA) is 83.0 Å². The lowest BCUT2D eigenvalue weighted by Crippen LogP contribution is -2.41. The molecule has 1 unspecified atom stereocenters. The van der Waals surface area contributed by atoms with Gasteiger partial charge in [-0.05, 0) is 63.1 Å². The van der Waals surface area contributed by atoms with E-state index in [1.807, 2.05) is 19.9 Å². The molecule has 2 aliphatic rings. The quantitative estimate of drug-likeness (QED) is 0.272. The third kappa shape index (κ3) is 7.74. The first-order valence-electron chi connectivity index (χ1n) is 10.7. The number of ether oxygens (including phenoxy) is 1. The molecule has 0 radical (unpaired) electrons. The maximum atomic E-state index is 14.4. The molecule has 0 aromatic heterocycles. The van der Waals surface area contributed by atoms with E-state index >= 15 is 0 Å². The highest BCUT2D eigenvalue weighted by Gasteiger charge is 2.31. The van der Waals surface area contributed by atoms with Gasteiger partial charge in [-0.15, -0.1) is 24.0 Å². The highest BCUT2D eigenvalue weighted by molar-refractivity contribution is 14.0. The monoisotopic (exact) mass is 568 g/mol. The van der Waals surface area contributed by atoms with Gasteiger partial charge in [-0.1, -0.05) is 6.07 Å². The van der Waals surface area contributed by atoms with Crippen molar-refractivity contribution in [2.45, 2.75) is 51.6 Å². The zero-order chi connectivity index (χ0) is 21.7. The van der Waals surface area contributed by atoms with Gasteiger partial charge in [0.15, 0.2) is 17.5 Å². The van der Waals surface area contributed by atoms with Gasteiger partial charge in [-0.3, -0.25) is 4.99 Å². The predicted molar refractivity (Wildman–Crippen MR) is 132 cm³/mol. The molecule has 10 heteroatoms. The van der Waals surface area contributed by atoms with Gasteiger partial charge in [0, 0.05) is 19.1 Å². The number of sulfonamides is 1. The molecule has 2 N–H and O–H groups in total. The van der Waals surface area contributed by atoms with Crippen LogP contribution < -0.4 is 15.4 Å². The third-order valence-corrected chi connectivity index (χ3v) is 6.87. The Morgan fingerprint density at radius 1 is 1.35 bits per heavy atom.